The van der Waals surface area contributed by atoms with Gasteiger partial charge < -0.3 is 8.92 Å². The van der Waals surface area contributed by atoms with E-state index in [1.807, 2.05) is 0 Å². The molecule has 5 nitrogen and oxygen atoms in total. The first-order chi connectivity index (χ1) is 8.74. The molecule has 0 saturated carbocycles. The molecule has 19 heavy (non-hydrogen) atoms. The van der Waals surface area contributed by atoms with Crippen molar-refractivity contribution in [1.82, 2.24) is 0 Å². The molecule has 104 valence electrons. The number of carbonyl (C=O) groups is 1. The fourth-order valence-corrected chi connectivity index (χ4v) is 2.03. The number of halogens is 3. The molecule has 9 heteroatoms. The fraction of sp³-hybridized carbons (Fsp3) is 0.300. The second kappa shape index (κ2) is 4.41. The van der Waals surface area contributed by atoms with Crippen molar-refractivity contribution in [2.45, 2.75) is 11.9 Å². The van der Waals surface area contributed by atoms with E-state index in [0.717, 1.165) is 6.07 Å². The van der Waals surface area contributed by atoms with Crippen LogP contribution in [-0.4, -0.2) is 26.8 Å². The van der Waals surface area contributed by atoms with Gasteiger partial charge in [0.1, 0.15) is 5.75 Å². The quantitative estimate of drug-likeness (QED) is 0.482. The van der Waals surface area contributed by atoms with Crippen molar-refractivity contribution < 1.29 is 35.3 Å². The summed E-state index contributed by atoms with van der Waals surface area (Å²) in [6, 6.07) is 2.21. The van der Waals surface area contributed by atoms with Crippen molar-refractivity contribution in [3.63, 3.8) is 0 Å². The van der Waals surface area contributed by atoms with Gasteiger partial charge in [0.2, 0.25) is 0 Å². The normalized spacial score (nSPS) is 14.7. The molecular weight excluding hydrogens is 289 g/mol. The number of alkyl halides is 3. The van der Waals surface area contributed by atoms with E-state index in [1.165, 1.54) is 6.07 Å². The summed E-state index contributed by atoms with van der Waals surface area (Å²) in [5.74, 6) is -0.494. The number of ether oxygens (including phenoxy) is 1. The summed E-state index contributed by atoms with van der Waals surface area (Å²) in [6.45, 7) is 0.309. The van der Waals surface area contributed by atoms with Crippen LogP contribution in [0, 0.1) is 0 Å². The van der Waals surface area contributed by atoms with Gasteiger partial charge in [-0.1, -0.05) is 0 Å². The standard InChI is InChI=1S/C10H7F3O5S/c11-10(12,13)19(15,16)18-9-4-8-6(1-2-17-8)3-7(9)5-14/h3-5H,1-2H2. The van der Waals surface area contributed by atoms with Crippen molar-refractivity contribution in [2.24, 2.45) is 0 Å². The van der Waals surface area contributed by atoms with Crippen molar-refractivity contribution in [2.75, 3.05) is 6.61 Å². The minimum atomic E-state index is -5.82. The third-order valence-corrected chi connectivity index (χ3v) is 3.40. The molecule has 1 aliphatic rings. The smallest absolute Gasteiger partial charge is 0.493 e. The zero-order valence-electron chi connectivity index (χ0n) is 9.23. The molecule has 1 aromatic rings. The maximum atomic E-state index is 12.2. The highest BCUT2D eigenvalue weighted by Crippen LogP contribution is 2.35. The zero-order chi connectivity index (χ0) is 14.3. The van der Waals surface area contributed by atoms with Crippen molar-refractivity contribution in [3.8, 4) is 11.5 Å². The van der Waals surface area contributed by atoms with Crippen LogP contribution in [0.4, 0.5) is 13.2 Å². The molecule has 0 atom stereocenters. The molecule has 0 saturated heterocycles. The number of hydrogen-bond donors (Lipinski definition) is 0. The Morgan fingerprint density at radius 1 is 1.32 bits per heavy atom. The average Bonchev–Trinajstić information content (AvgIpc) is 2.72. The summed E-state index contributed by atoms with van der Waals surface area (Å²) < 4.78 is 67.4. The summed E-state index contributed by atoms with van der Waals surface area (Å²) in [7, 11) is -5.82. The predicted molar refractivity (Wildman–Crippen MR) is 56.6 cm³/mol. The molecule has 2 rings (SSSR count). The monoisotopic (exact) mass is 296 g/mol. The molecule has 0 N–H and O–H groups in total. The number of hydrogen-bond acceptors (Lipinski definition) is 5. The summed E-state index contributed by atoms with van der Waals surface area (Å²) in [6.07, 6.45) is 0.711. The highest BCUT2D eigenvalue weighted by Gasteiger charge is 2.48. The van der Waals surface area contributed by atoms with Crippen molar-refractivity contribution in [3.05, 3.63) is 23.3 Å². The maximum absolute atomic E-state index is 12.2. The van der Waals surface area contributed by atoms with Crippen LogP contribution in [0.25, 0.3) is 0 Å². The first kappa shape index (κ1) is 13.7. The Morgan fingerprint density at radius 2 is 2.00 bits per heavy atom. The van der Waals surface area contributed by atoms with E-state index in [0.29, 0.717) is 18.6 Å². The minimum absolute atomic E-state index is 0.206. The number of rotatable bonds is 3. The number of benzene rings is 1. The van der Waals surface area contributed by atoms with Crippen molar-refractivity contribution in [1.29, 1.82) is 0 Å². The molecule has 0 spiro atoms. The molecule has 1 aliphatic heterocycles. The molecule has 1 aromatic carbocycles. The van der Waals surface area contributed by atoms with Gasteiger partial charge in [0, 0.05) is 12.5 Å². The third kappa shape index (κ3) is 2.50. The lowest BCUT2D eigenvalue weighted by Crippen LogP contribution is -2.28. The predicted octanol–water partition coefficient (Wildman–Crippen LogP) is 1.66. The molecule has 0 unspecified atom stereocenters. The van der Waals surface area contributed by atoms with Crippen molar-refractivity contribution >= 4 is 16.4 Å². The molecule has 0 fully saturated rings. The zero-order valence-corrected chi connectivity index (χ0v) is 10.0. The largest absolute Gasteiger partial charge is 0.534 e. The topological polar surface area (TPSA) is 69.7 Å². The number of carbonyl (C=O) groups excluding carboxylic acids is 1. The summed E-state index contributed by atoms with van der Waals surface area (Å²) >= 11 is 0. The first-order valence-electron chi connectivity index (χ1n) is 5.00. The van der Waals surface area contributed by atoms with Gasteiger partial charge in [-0.2, -0.15) is 21.6 Å². The molecule has 1 heterocycles. The maximum Gasteiger partial charge on any atom is 0.534 e. The van der Waals surface area contributed by atoms with Gasteiger partial charge in [-0.25, -0.2) is 0 Å². The van der Waals surface area contributed by atoms with E-state index in [-0.39, 0.29) is 17.6 Å². The van der Waals surface area contributed by atoms with E-state index in [9.17, 15) is 26.4 Å². The second-order valence-electron chi connectivity index (χ2n) is 3.70. The molecule has 0 bridgehead atoms. The molecule has 0 amide bonds. The Bertz CT molecular complexity index is 621. The summed E-state index contributed by atoms with van der Waals surface area (Å²) in [5.41, 5.74) is -5.23. The summed E-state index contributed by atoms with van der Waals surface area (Å²) in [5, 5.41) is 0. The van der Waals surface area contributed by atoms with Crippen LogP contribution in [0.15, 0.2) is 12.1 Å². The van der Waals surface area contributed by atoms with Gasteiger partial charge in [0.15, 0.2) is 12.0 Å². The van der Waals surface area contributed by atoms with Crippen LogP contribution < -0.4 is 8.92 Å². The van der Waals surface area contributed by atoms with E-state index in [2.05, 4.69) is 4.18 Å². The van der Waals surface area contributed by atoms with Crippen LogP contribution in [0.3, 0.4) is 0 Å². The van der Waals surface area contributed by atoms with Crippen LogP contribution in [0.2, 0.25) is 0 Å². The summed E-state index contributed by atoms with van der Waals surface area (Å²) in [4.78, 5) is 10.8. The Labute approximate surface area is 106 Å². The Morgan fingerprint density at radius 3 is 2.58 bits per heavy atom. The number of fused-ring (bicyclic) bond motifs is 1. The molecular formula is C10H7F3O5S. The second-order valence-corrected chi connectivity index (χ2v) is 5.24. The van der Waals surface area contributed by atoms with Gasteiger partial charge in [-0.3, -0.25) is 4.79 Å². The molecule has 0 radical (unpaired) electrons. The van der Waals surface area contributed by atoms with Gasteiger partial charge in [0.05, 0.1) is 12.2 Å². The highest BCUT2D eigenvalue weighted by molar-refractivity contribution is 7.88. The minimum Gasteiger partial charge on any atom is -0.493 e. The van der Waals surface area contributed by atoms with E-state index < -0.39 is 21.4 Å². The number of aldehydes is 1. The van der Waals surface area contributed by atoms with Crippen LogP contribution in [0.1, 0.15) is 15.9 Å². The Kier molecular flexibility index (Phi) is 3.17. The lowest BCUT2D eigenvalue weighted by molar-refractivity contribution is -0.0500. The highest BCUT2D eigenvalue weighted by atomic mass is 32.2. The Hall–Kier alpha value is -1.77. The Balaban J connectivity index is 2.44. The van der Waals surface area contributed by atoms with Crippen LogP contribution in [-0.2, 0) is 16.5 Å². The SMILES string of the molecule is O=Cc1cc2c(cc1OS(=O)(=O)C(F)(F)F)OCC2. The van der Waals surface area contributed by atoms with E-state index in [4.69, 9.17) is 4.74 Å². The first-order valence-corrected chi connectivity index (χ1v) is 6.41. The third-order valence-electron chi connectivity index (χ3n) is 2.43. The van der Waals surface area contributed by atoms with Gasteiger partial charge in [-0.05, 0) is 11.6 Å². The molecule has 0 aliphatic carbocycles. The van der Waals surface area contributed by atoms with Crippen LogP contribution in [0.5, 0.6) is 11.5 Å². The van der Waals surface area contributed by atoms with Gasteiger partial charge in [-0.15, -0.1) is 0 Å². The molecule has 0 aromatic heterocycles. The van der Waals surface area contributed by atoms with E-state index >= 15 is 0 Å². The fourth-order valence-electron chi connectivity index (χ4n) is 1.56. The van der Waals surface area contributed by atoms with E-state index in [1.54, 1.807) is 0 Å². The lowest BCUT2D eigenvalue weighted by Gasteiger charge is -2.11. The average molecular weight is 296 g/mol. The van der Waals surface area contributed by atoms with Crippen LogP contribution >= 0.6 is 0 Å². The van der Waals surface area contributed by atoms with Gasteiger partial charge in [0.25, 0.3) is 0 Å². The lowest BCUT2D eigenvalue weighted by atomic mass is 10.1. The van der Waals surface area contributed by atoms with Gasteiger partial charge >= 0.3 is 15.6 Å².